The monoisotopic (exact) mass is 279 g/mol. The van der Waals surface area contributed by atoms with Crippen LogP contribution in [0.4, 0.5) is 0 Å². The normalized spacial score (nSPS) is 25.4. The van der Waals surface area contributed by atoms with Gasteiger partial charge in [-0.1, -0.05) is 19.1 Å². The lowest BCUT2D eigenvalue weighted by atomic mass is 10.1. The highest BCUT2D eigenvalue weighted by molar-refractivity contribution is 5.28. The number of nitrogens with zero attached hydrogens (tertiary/aromatic N) is 1. The Balaban J connectivity index is 1.99. The molecule has 2 rings (SSSR count). The molecule has 1 heterocycles. The second-order valence-electron chi connectivity index (χ2n) is 5.45. The largest absolute Gasteiger partial charge is 0.497 e. The average molecular weight is 279 g/mol. The number of hydrogen-bond acceptors (Lipinski definition) is 4. The van der Waals surface area contributed by atoms with Gasteiger partial charge in [-0.25, -0.2) is 0 Å². The van der Waals surface area contributed by atoms with E-state index in [9.17, 15) is 5.11 Å². The van der Waals surface area contributed by atoms with Crippen LogP contribution < -0.4 is 4.74 Å². The molecule has 4 nitrogen and oxygen atoms in total. The number of β-amino-alcohol motifs (C(OH)–C–C–N with tert-alkyl or cyclic N) is 1. The second-order valence-corrected chi connectivity index (χ2v) is 5.45. The van der Waals surface area contributed by atoms with Crippen molar-refractivity contribution in [2.75, 3.05) is 26.8 Å². The van der Waals surface area contributed by atoms with Crippen molar-refractivity contribution < 1.29 is 14.6 Å². The van der Waals surface area contributed by atoms with E-state index in [1.165, 1.54) is 0 Å². The van der Waals surface area contributed by atoms with Crippen LogP contribution >= 0.6 is 0 Å². The number of rotatable bonds is 5. The van der Waals surface area contributed by atoms with E-state index in [1.807, 2.05) is 24.3 Å². The number of benzene rings is 1. The molecule has 0 aliphatic carbocycles. The molecule has 20 heavy (non-hydrogen) atoms. The van der Waals surface area contributed by atoms with E-state index in [4.69, 9.17) is 9.47 Å². The zero-order valence-electron chi connectivity index (χ0n) is 12.6. The van der Waals surface area contributed by atoms with E-state index in [0.717, 1.165) is 30.9 Å². The fraction of sp³-hybridized carbons (Fsp3) is 0.625. The molecular formula is C16H25NO3. The highest BCUT2D eigenvalue weighted by Gasteiger charge is 2.27. The lowest BCUT2D eigenvalue weighted by Crippen LogP contribution is -2.49. The maximum absolute atomic E-state index is 10.4. The molecule has 3 atom stereocenters. The van der Waals surface area contributed by atoms with Crippen molar-refractivity contribution in [1.29, 1.82) is 0 Å². The molecule has 0 bridgehead atoms. The number of methoxy groups -OCH3 is 1. The van der Waals surface area contributed by atoms with Gasteiger partial charge >= 0.3 is 0 Å². The lowest BCUT2D eigenvalue weighted by Gasteiger charge is -2.39. The Labute approximate surface area is 121 Å². The van der Waals surface area contributed by atoms with Gasteiger partial charge in [-0.05, 0) is 31.0 Å². The Morgan fingerprint density at radius 3 is 2.70 bits per heavy atom. The van der Waals surface area contributed by atoms with Gasteiger partial charge in [0.25, 0.3) is 0 Å². The summed E-state index contributed by atoms with van der Waals surface area (Å²) < 4.78 is 10.8. The quantitative estimate of drug-likeness (QED) is 0.897. The van der Waals surface area contributed by atoms with Crippen LogP contribution in [0.5, 0.6) is 5.75 Å². The molecule has 1 aliphatic heterocycles. The van der Waals surface area contributed by atoms with Crippen LogP contribution in [0, 0.1) is 0 Å². The van der Waals surface area contributed by atoms with Gasteiger partial charge in [0.15, 0.2) is 0 Å². The van der Waals surface area contributed by atoms with E-state index in [2.05, 4.69) is 18.7 Å². The topological polar surface area (TPSA) is 41.9 Å². The molecule has 1 N–H and O–H groups in total. The van der Waals surface area contributed by atoms with Crippen molar-refractivity contribution in [2.24, 2.45) is 0 Å². The predicted molar refractivity (Wildman–Crippen MR) is 79.0 cm³/mol. The van der Waals surface area contributed by atoms with Crippen molar-refractivity contribution in [2.45, 2.75) is 38.5 Å². The van der Waals surface area contributed by atoms with E-state index in [1.54, 1.807) is 7.11 Å². The van der Waals surface area contributed by atoms with Gasteiger partial charge in [0, 0.05) is 19.1 Å². The van der Waals surface area contributed by atoms with Gasteiger partial charge in [0.05, 0.1) is 25.9 Å². The van der Waals surface area contributed by atoms with Crippen LogP contribution in [0.2, 0.25) is 0 Å². The number of ether oxygens (including phenoxy) is 2. The number of aliphatic hydroxyl groups excluding tert-OH is 1. The zero-order chi connectivity index (χ0) is 14.5. The first-order chi connectivity index (χ1) is 9.63. The van der Waals surface area contributed by atoms with Crippen LogP contribution in [0.3, 0.4) is 0 Å². The third-order valence-corrected chi connectivity index (χ3v) is 3.96. The van der Waals surface area contributed by atoms with Crippen molar-refractivity contribution in [3.8, 4) is 5.75 Å². The second kappa shape index (κ2) is 7.07. The van der Waals surface area contributed by atoms with Crippen LogP contribution in [0.1, 0.15) is 31.9 Å². The Kier molecular flexibility index (Phi) is 5.40. The molecule has 0 radical (unpaired) electrons. The summed E-state index contributed by atoms with van der Waals surface area (Å²) >= 11 is 0. The molecule has 1 aromatic carbocycles. The molecule has 0 amide bonds. The number of hydrogen-bond donors (Lipinski definition) is 1. The molecule has 1 aliphatic rings. The summed E-state index contributed by atoms with van der Waals surface area (Å²) in [5.41, 5.74) is 0.930. The Morgan fingerprint density at radius 1 is 1.40 bits per heavy atom. The molecule has 112 valence electrons. The summed E-state index contributed by atoms with van der Waals surface area (Å²) in [6.07, 6.45) is 0.809. The summed E-state index contributed by atoms with van der Waals surface area (Å²) in [7, 11) is 1.65. The predicted octanol–water partition coefficient (Wildman–Crippen LogP) is 2.23. The first kappa shape index (κ1) is 15.3. The van der Waals surface area contributed by atoms with E-state index in [-0.39, 0.29) is 6.10 Å². The minimum absolute atomic E-state index is 0.237. The van der Waals surface area contributed by atoms with Crippen molar-refractivity contribution in [3.05, 3.63) is 29.8 Å². The standard InChI is InChI=1S/C16H25NO3/c1-4-14-11-20-12(2)9-17(14)10-16(18)13-5-7-15(19-3)8-6-13/h5-8,12,14,16,18H,4,9-11H2,1-3H3. The summed E-state index contributed by atoms with van der Waals surface area (Å²) in [6.45, 7) is 6.53. The number of morpholine rings is 1. The first-order valence-electron chi connectivity index (χ1n) is 7.31. The first-order valence-corrected chi connectivity index (χ1v) is 7.31. The van der Waals surface area contributed by atoms with Crippen LogP contribution in [-0.4, -0.2) is 49.0 Å². The fourth-order valence-electron chi connectivity index (χ4n) is 2.67. The summed E-state index contributed by atoms with van der Waals surface area (Å²) in [6, 6.07) is 8.03. The maximum atomic E-state index is 10.4. The average Bonchev–Trinajstić information content (AvgIpc) is 2.47. The van der Waals surface area contributed by atoms with Gasteiger partial charge in [0.2, 0.25) is 0 Å². The van der Waals surface area contributed by atoms with Gasteiger partial charge < -0.3 is 14.6 Å². The van der Waals surface area contributed by atoms with Crippen molar-refractivity contribution >= 4 is 0 Å². The van der Waals surface area contributed by atoms with Gasteiger partial charge in [-0.15, -0.1) is 0 Å². The molecule has 0 spiro atoms. The third-order valence-electron chi connectivity index (χ3n) is 3.96. The minimum atomic E-state index is -0.472. The summed E-state index contributed by atoms with van der Waals surface area (Å²) in [5, 5.41) is 10.4. The molecular weight excluding hydrogens is 254 g/mol. The third kappa shape index (κ3) is 3.72. The summed E-state index contributed by atoms with van der Waals surface area (Å²) in [5.74, 6) is 0.812. The summed E-state index contributed by atoms with van der Waals surface area (Å²) in [4.78, 5) is 2.34. The van der Waals surface area contributed by atoms with Crippen molar-refractivity contribution in [1.82, 2.24) is 4.90 Å². The molecule has 1 aromatic rings. The van der Waals surface area contributed by atoms with E-state index < -0.39 is 6.10 Å². The van der Waals surface area contributed by atoms with E-state index >= 15 is 0 Å². The molecule has 0 saturated carbocycles. The molecule has 3 unspecified atom stereocenters. The van der Waals surface area contributed by atoms with Gasteiger partial charge in [-0.2, -0.15) is 0 Å². The van der Waals surface area contributed by atoms with E-state index in [0.29, 0.717) is 12.6 Å². The highest BCUT2D eigenvalue weighted by atomic mass is 16.5. The smallest absolute Gasteiger partial charge is 0.118 e. The molecule has 1 fully saturated rings. The molecule has 1 saturated heterocycles. The van der Waals surface area contributed by atoms with Crippen LogP contribution in [0.15, 0.2) is 24.3 Å². The Morgan fingerprint density at radius 2 is 2.10 bits per heavy atom. The Bertz CT molecular complexity index is 407. The fourth-order valence-corrected chi connectivity index (χ4v) is 2.67. The van der Waals surface area contributed by atoms with Crippen molar-refractivity contribution in [3.63, 3.8) is 0 Å². The molecule has 4 heteroatoms. The van der Waals surface area contributed by atoms with Crippen LogP contribution in [0.25, 0.3) is 0 Å². The Hall–Kier alpha value is -1.10. The number of aliphatic hydroxyl groups is 1. The zero-order valence-corrected chi connectivity index (χ0v) is 12.6. The highest BCUT2D eigenvalue weighted by Crippen LogP contribution is 2.22. The molecule has 0 aromatic heterocycles. The minimum Gasteiger partial charge on any atom is -0.497 e. The van der Waals surface area contributed by atoms with Crippen LogP contribution in [-0.2, 0) is 4.74 Å². The SMILES string of the molecule is CCC1COC(C)CN1CC(O)c1ccc(OC)cc1. The van der Waals surface area contributed by atoms with Gasteiger partial charge in [-0.3, -0.25) is 4.90 Å². The maximum Gasteiger partial charge on any atom is 0.118 e. The lowest BCUT2D eigenvalue weighted by molar-refractivity contribution is -0.0681. The van der Waals surface area contributed by atoms with Gasteiger partial charge in [0.1, 0.15) is 5.75 Å².